The first-order valence-electron chi connectivity index (χ1n) is 13.1. The van der Waals surface area contributed by atoms with Crippen LogP contribution in [0.2, 0.25) is 0 Å². The molecule has 1 aliphatic heterocycles. The number of hydrogen-bond donors (Lipinski definition) is 4. The number of carboxylic acids is 1. The Morgan fingerprint density at radius 1 is 1.11 bits per heavy atom. The summed E-state index contributed by atoms with van der Waals surface area (Å²) in [5, 5.41) is 29.5. The first-order chi connectivity index (χ1) is 17.8. The number of carboxylic acid groups (broad SMARTS) is 1. The largest absolute Gasteiger partial charge is 0.480 e. The minimum absolute atomic E-state index is 0.0517. The summed E-state index contributed by atoms with van der Waals surface area (Å²) in [6.45, 7) is 1.84. The van der Waals surface area contributed by atoms with E-state index in [1.807, 2.05) is 30.3 Å². The van der Waals surface area contributed by atoms with Crippen LogP contribution in [-0.2, 0) is 30.4 Å². The highest BCUT2D eigenvalue weighted by Gasteiger charge is 2.49. The summed E-state index contributed by atoms with van der Waals surface area (Å²) in [7, 11) is 0. The van der Waals surface area contributed by atoms with Gasteiger partial charge < -0.3 is 14.7 Å². The molecule has 1 saturated heterocycles. The Hall–Kier alpha value is -2.57. The lowest BCUT2D eigenvalue weighted by atomic mass is 9.84. The van der Waals surface area contributed by atoms with Crippen LogP contribution in [0.3, 0.4) is 0 Å². The fraction of sp³-hybridized carbons (Fsp3) is 0.654. The molecular weight excluding hydrogens is 482 g/mol. The maximum Gasteiger partial charge on any atom is 0.328 e. The molecule has 4 N–H and O–H groups in total. The van der Waals surface area contributed by atoms with Gasteiger partial charge in [0.25, 0.3) is 0 Å². The van der Waals surface area contributed by atoms with E-state index in [4.69, 9.17) is 15.2 Å². The number of nitrogens with one attached hydrogen (secondary N) is 1. The van der Waals surface area contributed by atoms with Crippen molar-refractivity contribution in [2.24, 2.45) is 5.92 Å². The van der Waals surface area contributed by atoms with Gasteiger partial charge in [0, 0.05) is 6.04 Å². The number of unbranched alkanes of at least 4 members (excludes halogenated alkanes) is 1. The van der Waals surface area contributed by atoms with Crippen LogP contribution >= 0.6 is 0 Å². The van der Waals surface area contributed by atoms with E-state index in [2.05, 4.69) is 10.2 Å². The van der Waals surface area contributed by atoms with Crippen LogP contribution in [0.1, 0.15) is 63.9 Å². The minimum atomic E-state index is -1.02. The van der Waals surface area contributed by atoms with Crippen LogP contribution in [0.5, 0.6) is 0 Å². The number of rotatable bonds is 14. The first-order valence-corrected chi connectivity index (χ1v) is 13.1. The van der Waals surface area contributed by atoms with Gasteiger partial charge in [0.05, 0.1) is 24.6 Å². The molecule has 206 valence electrons. The number of nitrogens with zero attached hydrogens (tertiary/aromatic N) is 2. The van der Waals surface area contributed by atoms with Crippen LogP contribution < -0.4 is 5.32 Å². The Morgan fingerprint density at radius 3 is 2.51 bits per heavy atom. The number of hydrogen-bond acceptors (Lipinski definition) is 9. The molecule has 1 aliphatic carbocycles. The topological polar surface area (TPSA) is 149 Å². The Kier molecular flexibility index (Phi) is 11.3. The number of carbonyl (C=O) groups is 3. The predicted octanol–water partition coefficient (Wildman–Crippen LogP) is 2.55. The maximum absolute atomic E-state index is 13.6. The highest BCUT2D eigenvalue weighted by atomic mass is 17.1. The van der Waals surface area contributed by atoms with E-state index in [-0.39, 0.29) is 36.5 Å². The van der Waals surface area contributed by atoms with Gasteiger partial charge in [-0.15, -0.1) is 0 Å². The molecule has 37 heavy (non-hydrogen) atoms. The van der Waals surface area contributed by atoms with Crippen LogP contribution in [0.25, 0.3) is 0 Å². The second-order valence-corrected chi connectivity index (χ2v) is 9.87. The Morgan fingerprint density at radius 2 is 1.81 bits per heavy atom. The monoisotopic (exact) mass is 521 g/mol. The number of benzene rings is 1. The molecule has 1 aromatic carbocycles. The van der Waals surface area contributed by atoms with Gasteiger partial charge in [-0.1, -0.05) is 43.2 Å². The van der Waals surface area contributed by atoms with Gasteiger partial charge in [-0.05, 0) is 63.4 Å². The summed E-state index contributed by atoms with van der Waals surface area (Å²) >= 11 is 0. The molecule has 0 aromatic heterocycles. The zero-order valence-electron chi connectivity index (χ0n) is 21.3. The Balaban J connectivity index is 1.60. The zero-order valence-corrected chi connectivity index (χ0v) is 21.3. The summed E-state index contributed by atoms with van der Waals surface area (Å²) in [4.78, 5) is 44.7. The van der Waals surface area contributed by atoms with Crippen LogP contribution in [0, 0.1) is 5.92 Å². The van der Waals surface area contributed by atoms with Gasteiger partial charge in [0.15, 0.2) is 0 Å². The molecule has 0 bridgehead atoms. The van der Waals surface area contributed by atoms with E-state index in [1.165, 1.54) is 0 Å². The van der Waals surface area contributed by atoms with Crippen molar-refractivity contribution in [3.8, 4) is 0 Å². The SMILES string of the molecule is CC(NC(CCc1ccccc1)C(=O)O)C(=O)N1C(C(=O)OCCCCON(O)O)CC2CCCCC21. The van der Waals surface area contributed by atoms with E-state index < -0.39 is 30.1 Å². The first kappa shape index (κ1) is 29.0. The molecule has 11 heteroatoms. The highest BCUT2D eigenvalue weighted by Crippen LogP contribution is 2.40. The van der Waals surface area contributed by atoms with Crippen molar-refractivity contribution in [3.63, 3.8) is 0 Å². The summed E-state index contributed by atoms with van der Waals surface area (Å²) in [5.41, 5.74) is 1.03. The summed E-state index contributed by atoms with van der Waals surface area (Å²) in [6, 6.07) is 7.18. The molecule has 0 radical (unpaired) electrons. The number of carbonyl (C=O) groups excluding carboxylic acids is 2. The van der Waals surface area contributed by atoms with E-state index in [1.54, 1.807) is 11.8 Å². The molecule has 1 amide bonds. The van der Waals surface area contributed by atoms with Crippen molar-refractivity contribution >= 4 is 17.8 Å². The van der Waals surface area contributed by atoms with Gasteiger partial charge in [-0.2, -0.15) is 0 Å². The van der Waals surface area contributed by atoms with Crippen molar-refractivity contribution in [2.45, 2.75) is 88.9 Å². The third-order valence-corrected chi connectivity index (χ3v) is 7.29. The summed E-state index contributed by atoms with van der Waals surface area (Å²) in [5.74, 6) is -1.52. The van der Waals surface area contributed by atoms with Crippen molar-refractivity contribution < 1.29 is 39.5 Å². The molecule has 3 rings (SSSR count). The summed E-state index contributed by atoms with van der Waals surface area (Å²) < 4.78 is 5.46. The normalized spacial score (nSPS) is 22.9. The molecule has 5 unspecified atom stereocenters. The molecule has 2 aliphatic rings. The smallest absolute Gasteiger partial charge is 0.328 e. The van der Waals surface area contributed by atoms with Crippen molar-refractivity contribution in [1.82, 2.24) is 15.6 Å². The number of likely N-dealkylation sites (tertiary alicyclic amines) is 1. The number of aliphatic carboxylic acids is 1. The number of aryl methyl sites for hydroxylation is 1. The predicted molar refractivity (Wildman–Crippen MR) is 131 cm³/mol. The van der Waals surface area contributed by atoms with Crippen LogP contribution in [0.4, 0.5) is 0 Å². The van der Waals surface area contributed by atoms with Crippen molar-refractivity contribution in [1.29, 1.82) is 0 Å². The average Bonchev–Trinajstić information content (AvgIpc) is 3.27. The lowest BCUT2D eigenvalue weighted by Crippen LogP contribution is -2.55. The van der Waals surface area contributed by atoms with Crippen LogP contribution in [-0.4, -0.2) is 81.0 Å². The molecule has 1 saturated carbocycles. The number of ether oxygens (including phenoxy) is 1. The quantitative estimate of drug-likeness (QED) is 0.163. The van der Waals surface area contributed by atoms with Gasteiger partial charge in [-0.25, -0.2) is 4.79 Å². The van der Waals surface area contributed by atoms with Gasteiger partial charge in [-0.3, -0.25) is 30.2 Å². The number of amides is 1. The fourth-order valence-electron chi connectivity index (χ4n) is 5.44. The van der Waals surface area contributed by atoms with E-state index in [9.17, 15) is 19.5 Å². The lowest BCUT2D eigenvalue weighted by Gasteiger charge is -2.35. The molecule has 0 spiro atoms. The molecule has 11 nitrogen and oxygen atoms in total. The van der Waals surface area contributed by atoms with Gasteiger partial charge in [0.2, 0.25) is 5.91 Å². The van der Waals surface area contributed by atoms with Crippen LogP contribution in [0.15, 0.2) is 30.3 Å². The fourth-order valence-corrected chi connectivity index (χ4v) is 5.44. The second-order valence-electron chi connectivity index (χ2n) is 9.87. The number of fused-ring (bicyclic) bond motifs is 1. The zero-order chi connectivity index (χ0) is 26.8. The highest BCUT2D eigenvalue weighted by molar-refractivity contribution is 5.89. The third kappa shape index (κ3) is 8.47. The number of esters is 1. The minimum Gasteiger partial charge on any atom is -0.480 e. The standard InChI is InChI=1S/C26H39N3O8/c1-18(27-21(25(31)32)14-13-19-9-3-2-4-10-19)24(30)28-22-12-6-5-11-20(22)17-23(28)26(33)36-15-7-8-16-37-29(34)35/h2-4,9-10,18,20-23,27,34-35H,5-8,11-17H2,1H3,(H,31,32). The van der Waals surface area contributed by atoms with Crippen molar-refractivity contribution in [3.05, 3.63) is 35.9 Å². The van der Waals surface area contributed by atoms with E-state index >= 15 is 0 Å². The van der Waals surface area contributed by atoms with E-state index in [0.717, 1.165) is 31.2 Å². The lowest BCUT2D eigenvalue weighted by molar-refractivity contribution is -0.492. The van der Waals surface area contributed by atoms with Gasteiger partial charge in [0.1, 0.15) is 12.1 Å². The molecular formula is C26H39N3O8. The second kappa shape index (κ2) is 14.4. The third-order valence-electron chi connectivity index (χ3n) is 7.29. The van der Waals surface area contributed by atoms with E-state index in [0.29, 0.717) is 32.1 Å². The van der Waals surface area contributed by atoms with Crippen molar-refractivity contribution in [2.75, 3.05) is 13.2 Å². The summed E-state index contributed by atoms with van der Waals surface area (Å²) in [6.07, 6.45) is 6.17. The molecule has 2 fully saturated rings. The molecule has 1 heterocycles. The van der Waals surface area contributed by atoms with Gasteiger partial charge >= 0.3 is 11.9 Å². The Bertz CT molecular complexity index is 884. The molecule has 5 atom stereocenters. The average molecular weight is 522 g/mol. The maximum atomic E-state index is 13.6. The molecule has 1 aromatic rings. The Labute approximate surface area is 217 Å².